The largest absolute Gasteiger partial charge is 0.425 e. The van der Waals surface area contributed by atoms with Gasteiger partial charge in [0.05, 0.1) is 0 Å². The number of benzene rings is 1. The Morgan fingerprint density at radius 3 is 2.62 bits per heavy atom. The van der Waals surface area contributed by atoms with Crippen molar-refractivity contribution in [2.45, 2.75) is 51.9 Å². The summed E-state index contributed by atoms with van der Waals surface area (Å²) in [5.41, 5.74) is 2.65. The molecule has 0 radical (unpaired) electrons. The maximum atomic E-state index is 12.4. The van der Waals surface area contributed by atoms with Crippen molar-refractivity contribution in [1.82, 2.24) is 15.1 Å². The topological polar surface area (TPSA) is 59.2 Å². The molecule has 1 saturated heterocycles. The summed E-state index contributed by atoms with van der Waals surface area (Å²) < 4.78 is 5.52. The van der Waals surface area contributed by atoms with E-state index < -0.39 is 0 Å². The number of likely N-dealkylation sites (tertiary alicyclic amines) is 1. The Morgan fingerprint density at radius 2 is 1.96 bits per heavy atom. The molecule has 5 heteroatoms. The summed E-state index contributed by atoms with van der Waals surface area (Å²) in [6.45, 7) is 5.51. The lowest BCUT2D eigenvalue weighted by molar-refractivity contribution is -0.132. The van der Waals surface area contributed by atoms with Gasteiger partial charge in [-0.3, -0.25) is 4.79 Å². The first-order valence-electron chi connectivity index (χ1n) is 8.76. The molecule has 128 valence electrons. The molecule has 0 N–H and O–H groups in total. The van der Waals surface area contributed by atoms with E-state index in [2.05, 4.69) is 41.4 Å². The molecule has 1 fully saturated rings. The van der Waals surface area contributed by atoms with E-state index in [0.717, 1.165) is 44.7 Å². The smallest absolute Gasteiger partial charge is 0.222 e. The summed E-state index contributed by atoms with van der Waals surface area (Å²) >= 11 is 0. The first-order chi connectivity index (χ1) is 11.6. The van der Waals surface area contributed by atoms with Crippen LogP contribution >= 0.6 is 0 Å². The Bertz CT molecular complexity index is 687. The molecule has 1 amide bonds. The van der Waals surface area contributed by atoms with Crippen LogP contribution in [0.4, 0.5) is 0 Å². The molecule has 5 nitrogen and oxygen atoms in total. The van der Waals surface area contributed by atoms with E-state index in [9.17, 15) is 4.79 Å². The van der Waals surface area contributed by atoms with Crippen LogP contribution in [-0.2, 0) is 11.2 Å². The maximum absolute atomic E-state index is 12.4. The zero-order chi connectivity index (χ0) is 16.9. The third-order valence-corrected chi connectivity index (χ3v) is 4.84. The van der Waals surface area contributed by atoms with Gasteiger partial charge in [0.25, 0.3) is 0 Å². The second kappa shape index (κ2) is 7.60. The standard InChI is InChI=1S/C19H25N3O2/c1-14-6-3-4-7-16(14)8-5-9-18(23)22-12-10-17(11-13-22)19-21-20-15(2)24-19/h3-4,6-7,17H,5,8-13H2,1-2H3. The molecule has 1 aliphatic heterocycles. The van der Waals surface area contributed by atoms with Crippen LogP contribution in [0, 0.1) is 13.8 Å². The average Bonchev–Trinajstić information content (AvgIpc) is 3.03. The maximum Gasteiger partial charge on any atom is 0.222 e. The number of nitrogens with zero attached hydrogens (tertiary/aromatic N) is 3. The van der Waals surface area contributed by atoms with Gasteiger partial charge in [-0.15, -0.1) is 10.2 Å². The average molecular weight is 327 g/mol. The molecule has 0 saturated carbocycles. The second-order valence-corrected chi connectivity index (χ2v) is 6.59. The molecule has 2 aromatic rings. The summed E-state index contributed by atoms with van der Waals surface area (Å²) in [5.74, 6) is 1.89. The number of aryl methyl sites for hydroxylation is 3. The van der Waals surface area contributed by atoms with Crippen molar-refractivity contribution in [3.05, 3.63) is 47.2 Å². The first-order valence-corrected chi connectivity index (χ1v) is 8.76. The van der Waals surface area contributed by atoms with Crippen LogP contribution < -0.4 is 0 Å². The van der Waals surface area contributed by atoms with Crippen molar-refractivity contribution in [1.29, 1.82) is 0 Å². The van der Waals surface area contributed by atoms with Crippen LogP contribution in [-0.4, -0.2) is 34.1 Å². The highest BCUT2D eigenvalue weighted by atomic mass is 16.4. The Hall–Kier alpha value is -2.17. The van der Waals surface area contributed by atoms with Crippen molar-refractivity contribution < 1.29 is 9.21 Å². The molecule has 0 bridgehead atoms. The van der Waals surface area contributed by atoms with E-state index in [4.69, 9.17) is 4.42 Å². The summed E-state index contributed by atoms with van der Waals surface area (Å²) in [4.78, 5) is 14.4. The number of carbonyl (C=O) groups is 1. The van der Waals surface area contributed by atoms with Gasteiger partial charge in [-0.05, 0) is 43.7 Å². The van der Waals surface area contributed by atoms with E-state index in [0.29, 0.717) is 18.2 Å². The second-order valence-electron chi connectivity index (χ2n) is 6.59. The van der Waals surface area contributed by atoms with Crippen molar-refractivity contribution >= 4 is 5.91 Å². The van der Waals surface area contributed by atoms with Gasteiger partial charge in [0.15, 0.2) is 0 Å². The lowest BCUT2D eigenvalue weighted by atomic mass is 9.96. The van der Waals surface area contributed by atoms with Crippen LogP contribution in [0.2, 0.25) is 0 Å². The van der Waals surface area contributed by atoms with Gasteiger partial charge < -0.3 is 9.32 Å². The number of carbonyl (C=O) groups excluding carboxylic acids is 1. The lowest BCUT2D eigenvalue weighted by Gasteiger charge is -2.30. The molecule has 1 aliphatic rings. The van der Waals surface area contributed by atoms with E-state index in [1.54, 1.807) is 0 Å². The number of piperidine rings is 1. The van der Waals surface area contributed by atoms with Gasteiger partial charge in [0.1, 0.15) is 0 Å². The third-order valence-electron chi connectivity index (χ3n) is 4.84. The SMILES string of the molecule is Cc1nnc(C2CCN(C(=O)CCCc3ccccc3C)CC2)o1. The fraction of sp³-hybridized carbons (Fsp3) is 0.526. The Morgan fingerprint density at radius 1 is 1.21 bits per heavy atom. The fourth-order valence-electron chi connectivity index (χ4n) is 3.33. The van der Waals surface area contributed by atoms with E-state index in [1.165, 1.54) is 11.1 Å². The predicted octanol–water partition coefficient (Wildman–Crippen LogP) is 3.42. The number of amides is 1. The summed E-state index contributed by atoms with van der Waals surface area (Å²) in [7, 11) is 0. The molecule has 0 spiro atoms. The molecule has 3 rings (SSSR count). The molecule has 1 aromatic carbocycles. The molecular weight excluding hydrogens is 302 g/mol. The van der Waals surface area contributed by atoms with Crippen LogP contribution in [0.3, 0.4) is 0 Å². The highest BCUT2D eigenvalue weighted by Crippen LogP contribution is 2.27. The molecule has 0 unspecified atom stereocenters. The quantitative estimate of drug-likeness (QED) is 0.844. The van der Waals surface area contributed by atoms with Crippen molar-refractivity contribution in [2.75, 3.05) is 13.1 Å². The van der Waals surface area contributed by atoms with Gasteiger partial charge in [-0.1, -0.05) is 24.3 Å². The molecule has 24 heavy (non-hydrogen) atoms. The van der Waals surface area contributed by atoms with Crippen molar-refractivity contribution in [3.63, 3.8) is 0 Å². The number of rotatable bonds is 5. The van der Waals surface area contributed by atoms with Crippen LogP contribution in [0.1, 0.15) is 54.5 Å². The Balaban J connectivity index is 1.43. The lowest BCUT2D eigenvalue weighted by Crippen LogP contribution is -2.37. The van der Waals surface area contributed by atoms with Gasteiger partial charge in [0, 0.05) is 32.4 Å². The summed E-state index contributed by atoms with van der Waals surface area (Å²) in [6.07, 6.45) is 4.32. The minimum atomic E-state index is 0.267. The number of aromatic nitrogens is 2. The highest BCUT2D eigenvalue weighted by Gasteiger charge is 2.26. The first kappa shape index (κ1) is 16.7. The van der Waals surface area contributed by atoms with Crippen molar-refractivity contribution in [2.24, 2.45) is 0 Å². The normalized spacial score (nSPS) is 15.7. The van der Waals surface area contributed by atoms with Gasteiger partial charge in [-0.25, -0.2) is 0 Å². The molecule has 0 aliphatic carbocycles. The molecule has 0 atom stereocenters. The third kappa shape index (κ3) is 4.02. The fourth-order valence-corrected chi connectivity index (χ4v) is 3.33. The van der Waals surface area contributed by atoms with Gasteiger partial charge in [-0.2, -0.15) is 0 Å². The number of hydrogen-bond acceptors (Lipinski definition) is 4. The van der Waals surface area contributed by atoms with Gasteiger partial charge in [0.2, 0.25) is 17.7 Å². The highest BCUT2D eigenvalue weighted by molar-refractivity contribution is 5.76. The predicted molar refractivity (Wildman–Crippen MR) is 91.7 cm³/mol. The summed E-state index contributed by atoms with van der Waals surface area (Å²) in [5, 5.41) is 8.01. The van der Waals surface area contributed by atoms with Crippen LogP contribution in [0.5, 0.6) is 0 Å². The molecule has 2 heterocycles. The minimum absolute atomic E-state index is 0.267. The van der Waals surface area contributed by atoms with Crippen molar-refractivity contribution in [3.8, 4) is 0 Å². The number of hydrogen-bond donors (Lipinski definition) is 0. The van der Waals surface area contributed by atoms with E-state index in [1.807, 2.05) is 11.8 Å². The Labute approximate surface area is 143 Å². The Kier molecular flexibility index (Phi) is 5.28. The van der Waals surface area contributed by atoms with Crippen LogP contribution in [0.25, 0.3) is 0 Å². The van der Waals surface area contributed by atoms with Crippen LogP contribution in [0.15, 0.2) is 28.7 Å². The summed E-state index contributed by atoms with van der Waals surface area (Å²) in [6, 6.07) is 8.39. The van der Waals surface area contributed by atoms with E-state index >= 15 is 0 Å². The van der Waals surface area contributed by atoms with Gasteiger partial charge >= 0.3 is 0 Å². The molecular formula is C19H25N3O2. The zero-order valence-corrected chi connectivity index (χ0v) is 14.5. The minimum Gasteiger partial charge on any atom is -0.425 e. The van der Waals surface area contributed by atoms with E-state index in [-0.39, 0.29) is 5.91 Å². The zero-order valence-electron chi connectivity index (χ0n) is 14.5. The monoisotopic (exact) mass is 327 g/mol. The molecule has 1 aromatic heterocycles.